The molecule has 9 rings (SSSR count). The molecule has 1 aliphatic carbocycles. The Hall–Kier alpha value is -4.94. The molecule has 0 radical (unpaired) electrons. The van der Waals surface area contributed by atoms with E-state index in [0.717, 1.165) is 0 Å². The van der Waals surface area contributed by atoms with E-state index >= 15 is 0 Å². The lowest BCUT2D eigenvalue weighted by atomic mass is 9.78. The molecule has 0 atom stereocenters. The van der Waals surface area contributed by atoms with Crippen molar-refractivity contribution in [3.05, 3.63) is 145 Å². The van der Waals surface area contributed by atoms with E-state index in [2.05, 4.69) is 147 Å². The summed E-state index contributed by atoms with van der Waals surface area (Å²) in [7, 11) is 0. The lowest BCUT2D eigenvalue weighted by molar-refractivity contribution is 0.667. The smallest absolute Gasteiger partial charge is 0.0165 e. The molecule has 0 N–H and O–H groups in total. The first-order valence-corrected chi connectivity index (χ1v) is 14.5. The van der Waals surface area contributed by atoms with E-state index in [1.54, 1.807) is 0 Å². The minimum Gasteiger partial charge on any atom is -0.0616 e. The lowest BCUT2D eigenvalue weighted by Gasteiger charge is -2.24. The fraction of sp³-hybridized carbons (Fsp3) is 0.0732. The van der Waals surface area contributed by atoms with Crippen LogP contribution in [0.2, 0.25) is 0 Å². The zero-order chi connectivity index (χ0) is 27.3. The molecule has 41 heavy (non-hydrogen) atoms. The van der Waals surface area contributed by atoms with Crippen LogP contribution in [-0.2, 0) is 5.41 Å². The molecule has 0 heteroatoms. The number of hydrogen-bond donors (Lipinski definition) is 0. The van der Waals surface area contributed by atoms with Gasteiger partial charge in [0.1, 0.15) is 0 Å². The molecule has 0 spiro atoms. The van der Waals surface area contributed by atoms with E-state index in [1.165, 1.54) is 87.2 Å². The van der Waals surface area contributed by atoms with Gasteiger partial charge >= 0.3 is 0 Å². The number of benzene rings is 8. The molecule has 0 aromatic heterocycles. The second-order valence-corrected chi connectivity index (χ2v) is 12.1. The zero-order valence-corrected chi connectivity index (χ0v) is 23.2. The van der Waals surface area contributed by atoms with Gasteiger partial charge in [-0.2, -0.15) is 0 Å². The van der Waals surface area contributed by atoms with Crippen molar-refractivity contribution < 1.29 is 0 Å². The maximum Gasteiger partial charge on any atom is 0.0165 e. The van der Waals surface area contributed by atoms with Crippen molar-refractivity contribution in [3.63, 3.8) is 0 Å². The Bertz CT molecular complexity index is 2330. The Morgan fingerprint density at radius 2 is 0.951 bits per heavy atom. The fourth-order valence-corrected chi connectivity index (χ4v) is 7.70. The summed E-state index contributed by atoms with van der Waals surface area (Å²) < 4.78 is 0. The Morgan fingerprint density at radius 3 is 1.63 bits per heavy atom. The Balaban J connectivity index is 1.42. The highest BCUT2D eigenvalue weighted by Crippen LogP contribution is 2.55. The van der Waals surface area contributed by atoms with Gasteiger partial charge in [0.2, 0.25) is 0 Å². The van der Waals surface area contributed by atoms with Crippen LogP contribution in [0.5, 0.6) is 0 Å². The van der Waals surface area contributed by atoms with E-state index in [4.69, 9.17) is 0 Å². The fourth-order valence-electron chi connectivity index (χ4n) is 7.70. The second kappa shape index (κ2) is 8.05. The van der Waals surface area contributed by atoms with Crippen LogP contribution in [0.25, 0.3) is 76.1 Å². The monoisotopic (exact) mass is 520 g/mol. The van der Waals surface area contributed by atoms with Crippen molar-refractivity contribution in [2.24, 2.45) is 0 Å². The van der Waals surface area contributed by atoms with E-state index in [-0.39, 0.29) is 5.41 Å². The van der Waals surface area contributed by atoms with E-state index in [0.29, 0.717) is 0 Å². The van der Waals surface area contributed by atoms with Gasteiger partial charge in [0.15, 0.2) is 0 Å². The highest BCUT2D eigenvalue weighted by Gasteiger charge is 2.38. The first-order valence-electron chi connectivity index (χ1n) is 14.5. The third-order valence-corrected chi connectivity index (χ3v) is 9.54. The lowest BCUT2D eigenvalue weighted by Crippen LogP contribution is -2.15. The molecule has 0 saturated carbocycles. The molecule has 0 saturated heterocycles. The Labute approximate surface area is 239 Å². The van der Waals surface area contributed by atoms with Gasteiger partial charge in [0.05, 0.1) is 0 Å². The van der Waals surface area contributed by atoms with Crippen LogP contribution in [-0.4, -0.2) is 0 Å². The Morgan fingerprint density at radius 1 is 0.390 bits per heavy atom. The molecule has 0 heterocycles. The van der Waals surface area contributed by atoms with E-state index in [1.807, 2.05) is 0 Å². The van der Waals surface area contributed by atoms with Crippen molar-refractivity contribution in [1.82, 2.24) is 0 Å². The predicted octanol–water partition coefficient (Wildman–Crippen LogP) is 11.4. The van der Waals surface area contributed by atoms with Crippen molar-refractivity contribution in [2.45, 2.75) is 19.3 Å². The molecular weight excluding hydrogens is 492 g/mol. The first kappa shape index (κ1) is 22.8. The average Bonchev–Trinajstić information content (AvgIpc) is 3.24. The third kappa shape index (κ3) is 3.05. The molecule has 0 unspecified atom stereocenters. The van der Waals surface area contributed by atoms with Crippen LogP contribution in [0, 0.1) is 0 Å². The molecule has 0 nitrogen and oxygen atoms in total. The molecular formula is C41H28. The Kier molecular flexibility index (Phi) is 4.49. The molecule has 1 aliphatic rings. The molecule has 8 aromatic rings. The summed E-state index contributed by atoms with van der Waals surface area (Å²) in [5.41, 5.74) is 8.14. The van der Waals surface area contributed by atoms with Gasteiger partial charge in [-0.3, -0.25) is 0 Å². The summed E-state index contributed by atoms with van der Waals surface area (Å²) in [5, 5.41) is 13.1. The third-order valence-electron chi connectivity index (χ3n) is 9.54. The first-order chi connectivity index (χ1) is 20.1. The predicted molar refractivity (Wildman–Crippen MR) is 177 cm³/mol. The van der Waals surface area contributed by atoms with Crippen LogP contribution in [0.4, 0.5) is 0 Å². The quantitative estimate of drug-likeness (QED) is 0.149. The topological polar surface area (TPSA) is 0 Å². The number of hydrogen-bond acceptors (Lipinski definition) is 0. The minimum absolute atomic E-state index is 0.107. The van der Waals surface area contributed by atoms with Gasteiger partial charge in [0, 0.05) is 5.41 Å². The van der Waals surface area contributed by atoms with E-state index in [9.17, 15) is 0 Å². The van der Waals surface area contributed by atoms with Crippen LogP contribution in [0.15, 0.2) is 133 Å². The van der Waals surface area contributed by atoms with Crippen LogP contribution in [0.3, 0.4) is 0 Å². The van der Waals surface area contributed by atoms with Crippen LogP contribution in [0.1, 0.15) is 25.0 Å². The maximum atomic E-state index is 2.46. The summed E-state index contributed by atoms with van der Waals surface area (Å²) in [6.07, 6.45) is 0. The van der Waals surface area contributed by atoms with Crippen molar-refractivity contribution >= 4 is 53.9 Å². The van der Waals surface area contributed by atoms with Gasteiger partial charge < -0.3 is 0 Å². The molecule has 0 amide bonds. The second-order valence-electron chi connectivity index (χ2n) is 12.1. The van der Waals surface area contributed by atoms with Gasteiger partial charge in [-0.1, -0.05) is 123 Å². The summed E-state index contributed by atoms with van der Waals surface area (Å²) in [6.45, 7) is 4.82. The van der Waals surface area contributed by atoms with Crippen LogP contribution < -0.4 is 0 Å². The molecule has 0 bridgehead atoms. The largest absolute Gasteiger partial charge is 0.0616 e. The molecule has 8 aromatic carbocycles. The minimum atomic E-state index is -0.107. The van der Waals surface area contributed by atoms with Gasteiger partial charge in [-0.15, -0.1) is 0 Å². The average molecular weight is 521 g/mol. The highest BCUT2D eigenvalue weighted by atomic mass is 14.4. The van der Waals surface area contributed by atoms with Crippen molar-refractivity contribution in [3.8, 4) is 22.3 Å². The zero-order valence-electron chi connectivity index (χ0n) is 23.2. The summed E-state index contributed by atoms with van der Waals surface area (Å²) in [6, 6.07) is 49.8. The standard InChI is InChI=1S/C41H28/c1-41(2)37-24-26-12-4-3-11-25(26)22-36(37)39-33-18-10-9-17-32(33)35-23-29(19-20-34(35)40(39)41)38-30-15-7-5-13-27(30)21-28-14-6-8-16-31(28)38/h3-24H,1-2H3. The molecule has 0 fully saturated rings. The SMILES string of the molecule is CC1(C)c2cc3ccccc3cc2-c2c1c1ccc(-c3c4ccccc4cc4ccccc34)cc1c1ccccc21. The van der Waals surface area contributed by atoms with Gasteiger partial charge in [-0.25, -0.2) is 0 Å². The highest BCUT2D eigenvalue weighted by molar-refractivity contribution is 6.21. The van der Waals surface area contributed by atoms with Gasteiger partial charge in [-0.05, 0) is 112 Å². The van der Waals surface area contributed by atoms with Crippen LogP contribution >= 0.6 is 0 Å². The molecule has 192 valence electrons. The van der Waals surface area contributed by atoms with Crippen molar-refractivity contribution in [1.29, 1.82) is 0 Å². The number of fused-ring (bicyclic) bond motifs is 11. The molecule has 0 aliphatic heterocycles. The van der Waals surface area contributed by atoms with E-state index < -0.39 is 0 Å². The van der Waals surface area contributed by atoms with Crippen molar-refractivity contribution in [2.75, 3.05) is 0 Å². The number of rotatable bonds is 1. The summed E-state index contributed by atoms with van der Waals surface area (Å²) in [5.74, 6) is 0. The summed E-state index contributed by atoms with van der Waals surface area (Å²) >= 11 is 0. The normalized spacial score (nSPS) is 13.8. The van der Waals surface area contributed by atoms with Gasteiger partial charge in [0.25, 0.3) is 0 Å². The maximum absolute atomic E-state index is 2.46. The summed E-state index contributed by atoms with van der Waals surface area (Å²) in [4.78, 5) is 0.